The van der Waals surface area contributed by atoms with Gasteiger partial charge in [0.25, 0.3) is 0 Å². The number of ether oxygens (including phenoxy) is 1. The summed E-state index contributed by atoms with van der Waals surface area (Å²) in [6, 6.07) is 5.15. The van der Waals surface area contributed by atoms with E-state index in [1.165, 1.54) is 6.07 Å². The molecular weight excluding hydrogens is 254 g/mol. The second-order valence-electron chi connectivity index (χ2n) is 5.62. The fraction of sp³-hybridized carbons (Fsp3) is 0.625. The van der Waals surface area contributed by atoms with E-state index in [9.17, 15) is 10.2 Å². The van der Waals surface area contributed by atoms with Gasteiger partial charge in [0, 0.05) is 30.8 Å². The molecule has 0 aliphatic carbocycles. The first-order valence-corrected chi connectivity index (χ1v) is 7.47. The van der Waals surface area contributed by atoms with Crippen LogP contribution in [0.4, 0.5) is 0 Å². The summed E-state index contributed by atoms with van der Waals surface area (Å²) in [5.41, 5.74) is 0.820. The van der Waals surface area contributed by atoms with Gasteiger partial charge in [0.1, 0.15) is 11.5 Å². The van der Waals surface area contributed by atoms with Gasteiger partial charge < -0.3 is 20.3 Å². The van der Waals surface area contributed by atoms with Crippen LogP contribution in [0.5, 0.6) is 11.5 Å². The predicted octanol–water partition coefficient (Wildman–Crippen LogP) is 2.93. The molecule has 1 saturated heterocycles. The smallest absolute Gasteiger partial charge is 0.123 e. The number of hydrogen-bond donors (Lipinski definition) is 3. The number of hydrogen-bond acceptors (Lipinski definition) is 4. The number of benzene rings is 1. The predicted molar refractivity (Wildman–Crippen MR) is 78.9 cm³/mol. The van der Waals surface area contributed by atoms with E-state index in [4.69, 9.17) is 4.74 Å². The zero-order valence-electron chi connectivity index (χ0n) is 12.4. The van der Waals surface area contributed by atoms with Crippen molar-refractivity contribution in [2.24, 2.45) is 0 Å². The molecule has 1 aliphatic heterocycles. The van der Waals surface area contributed by atoms with Gasteiger partial charge in [-0.15, -0.1) is 0 Å². The van der Waals surface area contributed by atoms with Gasteiger partial charge in [-0.1, -0.05) is 19.9 Å². The number of rotatable bonds is 5. The molecule has 0 radical (unpaired) electrons. The largest absolute Gasteiger partial charge is 0.508 e. The lowest BCUT2D eigenvalue weighted by molar-refractivity contribution is -0.0932. The van der Waals surface area contributed by atoms with Crippen LogP contribution in [0.25, 0.3) is 0 Å². The zero-order chi connectivity index (χ0) is 14.6. The Bertz CT molecular complexity index is 443. The Morgan fingerprint density at radius 3 is 2.70 bits per heavy atom. The highest BCUT2D eigenvalue weighted by Gasteiger charge is 2.34. The molecule has 0 aromatic heterocycles. The minimum Gasteiger partial charge on any atom is -0.508 e. The van der Waals surface area contributed by atoms with Crippen LogP contribution in [-0.2, 0) is 11.3 Å². The molecule has 1 aliphatic rings. The van der Waals surface area contributed by atoms with Gasteiger partial charge in [0.2, 0.25) is 0 Å². The van der Waals surface area contributed by atoms with Crippen molar-refractivity contribution < 1.29 is 14.9 Å². The van der Waals surface area contributed by atoms with Gasteiger partial charge in [-0.05, 0) is 31.7 Å². The van der Waals surface area contributed by atoms with Crippen LogP contribution in [-0.4, -0.2) is 28.5 Å². The summed E-state index contributed by atoms with van der Waals surface area (Å²) in [5, 5.41) is 22.6. The van der Waals surface area contributed by atoms with Crippen molar-refractivity contribution in [3.8, 4) is 11.5 Å². The number of phenolic OH excluding ortho intramolecular Hbond substituents is 2. The molecule has 1 aromatic rings. The molecule has 0 amide bonds. The number of phenols is 2. The van der Waals surface area contributed by atoms with E-state index in [1.54, 1.807) is 12.1 Å². The minimum atomic E-state index is 0.00686. The lowest BCUT2D eigenvalue weighted by Gasteiger charge is -2.40. The Morgan fingerprint density at radius 2 is 2.05 bits per heavy atom. The van der Waals surface area contributed by atoms with Crippen LogP contribution in [0.2, 0.25) is 0 Å². The first-order chi connectivity index (χ1) is 9.58. The average Bonchev–Trinajstić information content (AvgIpc) is 2.46. The lowest BCUT2D eigenvalue weighted by Crippen LogP contribution is -2.46. The topological polar surface area (TPSA) is 61.7 Å². The third kappa shape index (κ3) is 3.44. The maximum Gasteiger partial charge on any atom is 0.123 e. The highest BCUT2D eigenvalue weighted by Crippen LogP contribution is 2.31. The molecule has 112 valence electrons. The summed E-state index contributed by atoms with van der Waals surface area (Å²) in [7, 11) is 0. The summed E-state index contributed by atoms with van der Waals surface area (Å²) in [6.45, 7) is 5.76. The van der Waals surface area contributed by atoms with E-state index in [1.807, 2.05) is 0 Å². The third-order valence-electron chi connectivity index (χ3n) is 4.43. The fourth-order valence-corrected chi connectivity index (χ4v) is 2.90. The summed E-state index contributed by atoms with van der Waals surface area (Å²) < 4.78 is 5.96. The fourth-order valence-electron chi connectivity index (χ4n) is 2.90. The molecule has 4 nitrogen and oxygen atoms in total. The third-order valence-corrected chi connectivity index (χ3v) is 4.43. The molecule has 2 rings (SSSR count). The first-order valence-electron chi connectivity index (χ1n) is 7.47. The maximum absolute atomic E-state index is 9.79. The second kappa shape index (κ2) is 6.46. The van der Waals surface area contributed by atoms with E-state index >= 15 is 0 Å². The van der Waals surface area contributed by atoms with Gasteiger partial charge in [0.05, 0.1) is 5.60 Å². The molecular formula is C16H25NO3. The standard InChI is InChI=1S/C16H25NO3/c1-3-16(4-2)10-13(7-8-20-16)17-11-12-5-6-14(18)9-15(12)19/h5-6,9,13,17-19H,3-4,7-8,10-11H2,1-2H3. The SMILES string of the molecule is CCC1(CC)CC(NCc2ccc(O)cc2O)CCO1. The minimum absolute atomic E-state index is 0.00686. The van der Waals surface area contributed by atoms with E-state index in [2.05, 4.69) is 19.2 Å². The summed E-state index contributed by atoms with van der Waals surface area (Å²) in [6.07, 6.45) is 4.08. The summed E-state index contributed by atoms with van der Waals surface area (Å²) in [4.78, 5) is 0. The summed E-state index contributed by atoms with van der Waals surface area (Å²) >= 11 is 0. The van der Waals surface area contributed by atoms with Gasteiger partial charge in [0.15, 0.2) is 0 Å². The van der Waals surface area contributed by atoms with Crippen molar-refractivity contribution in [1.29, 1.82) is 0 Å². The van der Waals surface area contributed by atoms with Crippen molar-refractivity contribution >= 4 is 0 Å². The van der Waals surface area contributed by atoms with E-state index in [0.717, 1.165) is 37.9 Å². The molecule has 1 atom stereocenters. The monoisotopic (exact) mass is 279 g/mol. The maximum atomic E-state index is 9.79. The van der Waals surface area contributed by atoms with Crippen LogP contribution >= 0.6 is 0 Å². The van der Waals surface area contributed by atoms with Crippen molar-refractivity contribution in [1.82, 2.24) is 5.32 Å². The molecule has 20 heavy (non-hydrogen) atoms. The van der Waals surface area contributed by atoms with Crippen molar-refractivity contribution in [3.63, 3.8) is 0 Å². The Morgan fingerprint density at radius 1 is 1.30 bits per heavy atom. The van der Waals surface area contributed by atoms with Gasteiger partial charge in [-0.3, -0.25) is 0 Å². The lowest BCUT2D eigenvalue weighted by atomic mass is 9.86. The van der Waals surface area contributed by atoms with E-state index in [0.29, 0.717) is 12.6 Å². The summed E-state index contributed by atoms with van der Waals surface area (Å²) in [5.74, 6) is 0.232. The van der Waals surface area contributed by atoms with Gasteiger partial charge >= 0.3 is 0 Å². The van der Waals surface area contributed by atoms with Crippen molar-refractivity contribution in [2.75, 3.05) is 6.61 Å². The molecule has 4 heteroatoms. The Balaban J connectivity index is 1.93. The Labute approximate surface area is 120 Å². The average molecular weight is 279 g/mol. The van der Waals surface area contributed by atoms with Crippen LogP contribution in [0.1, 0.15) is 45.1 Å². The van der Waals surface area contributed by atoms with E-state index < -0.39 is 0 Å². The quantitative estimate of drug-likeness (QED) is 0.775. The van der Waals surface area contributed by atoms with Crippen molar-refractivity contribution in [3.05, 3.63) is 23.8 Å². The van der Waals surface area contributed by atoms with Crippen molar-refractivity contribution in [2.45, 2.75) is 57.7 Å². The van der Waals surface area contributed by atoms with Gasteiger partial charge in [-0.2, -0.15) is 0 Å². The normalized spacial score (nSPS) is 21.8. The Kier molecular flexibility index (Phi) is 4.89. The first kappa shape index (κ1) is 15.1. The van der Waals surface area contributed by atoms with E-state index in [-0.39, 0.29) is 17.1 Å². The van der Waals surface area contributed by atoms with Crippen LogP contribution in [0, 0.1) is 0 Å². The second-order valence-corrected chi connectivity index (χ2v) is 5.62. The number of aromatic hydroxyl groups is 2. The zero-order valence-corrected chi connectivity index (χ0v) is 12.4. The highest BCUT2D eigenvalue weighted by atomic mass is 16.5. The van der Waals surface area contributed by atoms with Crippen LogP contribution in [0.3, 0.4) is 0 Å². The molecule has 1 fully saturated rings. The molecule has 3 N–H and O–H groups in total. The van der Waals surface area contributed by atoms with Crippen LogP contribution in [0.15, 0.2) is 18.2 Å². The molecule has 0 saturated carbocycles. The molecule has 1 aromatic carbocycles. The van der Waals surface area contributed by atoms with Gasteiger partial charge in [-0.25, -0.2) is 0 Å². The van der Waals surface area contributed by atoms with Crippen LogP contribution < -0.4 is 5.32 Å². The molecule has 1 unspecified atom stereocenters. The highest BCUT2D eigenvalue weighted by molar-refractivity contribution is 5.38. The molecule has 0 spiro atoms. The Hall–Kier alpha value is -1.26. The number of nitrogens with one attached hydrogen (secondary N) is 1. The molecule has 0 bridgehead atoms. The molecule has 1 heterocycles.